The van der Waals surface area contributed by atoms with Crippen molar-refractivity contribution in [3.8, 4) is 0 Å². The lowest BCUT2D eigenvalue weighted by atomic mass is 10.2. The molecule has 0 aliphatic carbocycles. The third-order valence-electron chi connectivity index (χ3n) is 11.0. The molecule has 3 N–H and O–H groups in total. The number of benzene rings is 2. The van der Waals surface area contributed by atoms with Crippen molar-refractivity contribution in [3.05, 3.63) is 150 Å². The molecule has 3 fully saturated rings. The highest BCUT2D eigenvalue weighted by atomic mass is 31.2. The molecule has 15 nitrogen and oxygen atoms in total. The van der Waals surface area contributed by atoms with Crippen LogP contribution in [0.2, 0.25) is 5.04 Å². The Bertz CT molecular complexity index is 2540. The fraction of sp³-hybridized carbons (Fsp3) is 0.478. The second-order valence-corrected chi connectivity index (χ2v) is 28.9. The molecule has 3 saturated heterocycles. The van der Waals surface area contributed by atoms with E-state index in [-0.39, 0.29) is 11.5 Å². The number of aryl methyl sites for hydroxylation is 2. The van der Waals surface area contributed by atoms with E-state index in [1.807, 2.05) is 42.5 Å². The largest absolute Gasteiger partial charge is 0.401 e. The van der Waals surface area contributed by atoms with Crippen LogP contribution in [-0.4, -0.2) is 96.8 Å². The highest BCUT2D eigenvalue weighted by Gasteiger charge is 2.53. The van der Waals surface area contributed by atoms with Crippen LogP contribution in [0.25, 0.3) is 0 Å². The van der Waals surface area contributed by atoms with Gasteiger partial charge in [-0.2, -0.15) is 0 Å². The summed E-state index contributed by atoms with van der Waals surface area (Å²) in [6.07, 6.45) is 5.80. The minimum atomic E-state index is -2.92. The number of hydrogen-bond donors (Lipinski definition) is 3. The normalized spacial score (nSPS) is 22.9. The van der Waals surface area contributed by atoms with Crippen LogP contribution in [0.5, 0.6) is 0 Å². The molecule has 3 aliphatic heterocycles. The van der Waals surface area contributed by atoms with Crippen LogP contribution in [0, 0.1) is 13.8 Å². The molecular formula is C46H64N4O11P2Si. The summed E-state index contributed by atoms with van der Waals surface area (Å²) in [5.74, 6) is 3.23. The highest BCUT2D eigenvalue weighted by Crippen LogP contribution is 2.43. The van der Waals surface area contributed by atoms with E-state index in [2.05, 4.69) is 55.0 Å². The van der Waals surface area contributed by atoms with E-state index in [0.29, 0.717) is 17.5 Å². The Morgan fingerprint density at radius 3 is 1.53 bits per heavy atom. The van der Waals surface area contributed by atoms with Gasteiger partial charge >= 0.3 is 11.4 Å². The molecule has 3 aliphatic rings. The van der Waals surface area contributed by atoms with Crippen molar-refractivity contribution < 1.29 is 32.9 Å². The minimum absolute atomic E-state index is 0.220. The third-order valence-corrected chi connectivity index (χ3v) is 17.8. The van der Waals surface area contributed by atoms with Crippen molar-refractivity contribution in [2.24, 2.45) is 0 Å². The van der Waals surface area contributed by atoms with E-state index in [1.165, 1.54) is 40.2 Å². The Kier molecular flexibility index (Phi) is 17.0. The van der Waals surface area contributed by atoms with Crippen molar-refractivity contribution in [1.29, 1.82) is 0 Å². The Morgan fingerprint density at radius 1 is 0.703 bits per heavy atom. The van der Waals surface area contributed by atoms with Crippen LogP contribution >= 0.6 is 14.3 Å². The number of aromatic amines is 2. The quantitative estimate of drug-likeness (QED) is 0.131. The Balaban J connectivity index is 0.000000246. The van der Waals surface area contributed by atoms with Crippen molar-refractivity contribution in [3.63, 3.8) is 0 Å². The second-order valence-electron chi connectivity index (χ2n) is 18.3. The average Bonchev–Trinajstić information content (AvgIpc) is 4.01. The molecule has 18 heteroatoms. The van der Waals surface area contributed by atoms with Gasteiger partial charge in [0.1, 0.15) is 38.9 Å². The molecule has 0 bridgehead atoms. The topological polar surface area (TPSA) is 201 Å². The number of aliphatic hydroxyl groups is 1. The van der Waals surface area contributed by atoms with Crippen molar-refractivity contribution in [2.45, 2.75) is 102 Å². The van der Waals surface area contributed by atoms with Crippen LogP contribution in [0.3, 0.4) is 0 Å². The molecule has 0 spiro atoms. The molecule has 4 aromatic rings. The summed E-state index contributed by atoms with van der Waals surface area (Å²) < 4.78 is 51.2. The van der Waals surface area contributed by atoms with Crippen LogP contribution in [0.1, 0.15) is 70.0 Å². The molecule has 64 heavy (non-hydrogen) atoms. The zero-order valence-electron chi connectivity index (χ0n) is 38.3. The molecule has 0 radical (unpaired) electrons. The number of aromatic nitrogens is 4. The van der Waals surface area contributed by atoms with Crippen LogP contribution in [0.4, 0.5) is 0 Å². The van der Waals surface area contributed by atoms with E-state index >= 15 is 0 Å². The summed E-state index contributed by atoms with van der Waals surface area (Å²) in [7, 11) is -7.75. The van der Waals surface area contributed by atoms with Gasteiger partial charge in [-0.1, -0.05) is 81.4 Å². The lowest BCUT2D eigenvalue weighted by molar-refractivity contribution is 0.00480. The van der Waals surface area contributed by atoms with Gasteiger partial charge in [0.05, 0.1) is 12.2 Å². The zero-order chi connectivity index (χ0) is 47.0. The molecule has 7 rings (SSSR count). The zero-order valence-corrected chi connectivity index (χ0v) is 41.1. The van der Waals surface area contributed by atoms with Crippen molar-refractivity contribution in [2.75, 3.05) is 39.9 Å². The predicted molar refractivity (Wildman–Crippen MR) is 255 cm³/mol. The van der Waals surface area contributed by atoms with Gasteiger partial charge in [-0.15, -0.1) is 0 Å². The number of nitrogens with one attached hydrogen (secondary N) is 2. The smallest absolute Gasteiger partial charge is 0.330 e. The summed E-state index contributed by atoms with van der Waals surface area (Å²) in [6.45, 7) is 18.5. The van der Waals surface area contributed by atoms with Gasteiger partial charge in [-0.3, -0.25) is 28.7 Å². The number of ether oxygens (including phenoxy) is 3. The van der Waals surface area contributed by atoms with Gasteiger partial charge < -0.3 is 32.9 Å². The standard InChI is InChI=1S/C29H37N2O5PSi.C13H19N2O5P.C4H8O/c1-21-20-31(28(33)30-27(21)32)26-19-25(24(35-26)17-18-37(5,6)34)36-38(29(2,3)4,22-13-9-7-10-14-22)23-15-11-8-12-16-23;1-8-7-15(13(18)14-12(8)17)11-6-9(16)10(20-11)4-5-21(2,3)19;1-2-4-5-3-1/h7-18,20,24-26H,19H2,1-6H3,(H,30,32,33);4-5,7,9-11,16H,6H2,1-3H3,(H,14,17,18);1-4H2/b18-17+;5-4+;/t24-,25?,26-;9?,10-,11-;/m11./s1. The van der Waals surface area contributed by atoms with Crippen LogP contribution < -0.4 is 32.9 Å². The lowest BCUT2D eigenvalue weighted by Gasteiger charge is -2.45. The number of aliphatic hydroxyl groups excluding tert-OH is 1. The molecular weight excluding hydrogens is 875 g/mol. The van der Waals surface area contributed by atoms with Gasteiger partial charge in [-0.25, -0.2) is 9.59 Å². The molecule has 2 aromatic heterocycles. The third kappa shape index (κ3) is 13.2. The summed E-state index contributed by atoms with van der Waals surface area (Å²) in [5, 5.41) is 12.0. The van der Waals surface area contributed by atoms with Gasteiger partial charge in [0.25, 0.3) is 19.4 Å². The molecule has 6 atom stereocenters. The monoisotopic (exact) mass is 938 g/mol. The number of H-pyrrole nitrogens is 2. The SMILES string of the molecule is C1CCOC1.Cc1cn([C@H]2CC(O)[C@@H](/C=C/P(C)(C)=O)O2)c(=O)[nH]c1=O.Cc1cn([C@H]2CC(O[Si](c3ccccc3)(c3ccccc3)C(C)(C)C)[C@@H](/C=C/P(C)(C)=O)O2)c(=O)[nH]c1=O. The average molecular weight is 939 g/mol. The van der Waals surface area contributed by atoms with Gasteiger partial charge in [0, 0.05) is 49.6 Å². The second kappa shape index (κ2) is 21.4. The summed E-state index contributed by atoms with van der Waals surface area (Å²) >= 11 is 0. The number of rotatable bonds is 10. The Morgan fingerprint density at radius 2 is 1.12 bits per heavy atom. The maximum atomic E-state index is 12.7. The number of nitrogens with zero attached hydrogens (tertiary/aromatic N) is 2. The van der Waals surface area contributed by atoms with Gasteiger partial charge in [-0.05, 0) is 92.5 Å². The maximum Gasteiger partial charge on any atom is 0.330 e. The van der Waals surface area contributed by atoms with Crippen LogP contribution in [0.15, 0.2) is 116 Å². The molecule has 0 amide bonds. The Hall–Kier alpha value is -4.24. The molecule has 5 heterocycles. The first kappa shape index (κ1) is 50.8. The fourth-order valence-electron chi connectivity index (χ4n) is 7.76. The lowest BCUT2D eigenvalue weighted by Crippen LogP contribution is -2.68. The van der Waals surface area contributed by atoms with Crippen LogP contribution in [-0.2, 0) is 27.8 Å². The first-order valence-corrected chi connectivity index (χ1v) is 28.7. The number of hydrogen-bond acceptors (Lipinski definition) is 11. The summed E-state index contributed by atoms with van der Waals surface area (Å²) in [4.78, 5) is 52.4. The van der Waals surface area contributed by atoms with E-state index in [9.17, 15) is 33.4 Å². The van der Waals surface area contributed by atoms with Gasteiger partial charge in [0.15, 0.2) is 0 Å². The predicted octanol–water partition coefficient (Wildman–Crippen LogP) is 5.64. The van der Waals surface area contributed by atoms with Crippen molar-refractivity contribution in [1.82, 2.24) is 19.1 Å². The summed E-state index contributed by atoms with van der Waals surface area (Å²) in [6, 6.07) is 20.7. The highest BCUT2D eigenvalue weighted by molar-refractivity contribution is 7.65. The molecule has 2 unspecified atom stereocenters. The van der Waals surface area contributed by atoms with E-state index in [4.69, 9.17) is 18.6 Å². The first-order valence-electron chi connectivity index (χ1n) is 21.5. The maximum absolute atomic E-state index is 12.7. The van der Waals surface area contributed by atoms with Gasteiger partial charge in [0.2, 0.25) is 0 Å². The minimum Gasteiger partial charge on any atom is -0.401 e. The molecule has 0 saturated carbocycles. The van der Waals surface area contributed by atoms with E-state index in [1.54, 1.807) is 52.4 Å². The molecule has 2 aromatic carbocycles. The van der Waals surface area contributed by atoms with E-state index in [0.717, 1.165) is 23.6 Å². The van der Waals surface area contributed by atoms with E-state index < -0.39 is 82.0 Å². The summed E-state index contributed by atoms with van der Waals surface area (Å²) in [5.41, 5.74) is -1.16. The fourth-order valence-corrected chi connectivity index (χ4v) is 13.6. The Labute approximate surface area is 375 Å². The van der Waals surface area contributed by atoms with Crippen molar-refractivity contribution >= 4 is 33.0 Å². The molecule has 348 valence electrons. The first-order chi connectivity index (χ1) is 30.0.